The van der Waals surface area contributed by atoms with Crippen molar-refractivity contribution in [3.8, 4) is 0 Å². The lowest BCUT2D eigenvalue weighted by Gasteiger charge is -2.56. The predicted molar refractivity (Wildman–Crippen MR) is 96.5 cm³/mol. The van der Waals surface area contributed by atoms with Crippen LogP contribution in [0.5, 0.6) is 0 Å². The fourth-order valence-electron chi connectivity index (χ4n) is 4.93. The molecule has 0 amide bonds. The number of rotatable bonds is 5. The number of hydrogen-bond donors (Lipinski definition) is 0. The number of alkyl halides is 4. The van der Waals surface area contributed by atoms with Gasteiger partial charge in [-0.3, -0.25) is 0 Å². The van der Waals surface area contributed by atoms with Gasteiger partial charge in [0.1, 0.15) is 0 Å². The zero-order chi connectivity index (χ0) is 20.6. The number of nitrogens with zero attached hydrogens (tertiary/aromatic N) is 5. The van der Waals surface area contributed by atoms with Gasteiger partial charge in [0, 0.05) is 31.5 Å². The van der Waals surface area contributed by atoms with E-state index in [0.29, 0.717) is 11.6 Å². The lowest BCUT2D eigenvalue weighted by Crippen LogP contribution is -2.63. The molecule has 0 aromatic carbocycles. The normalized spacial score (nSPS) is 29.2. The minimum Gasteiger partial charge on any atom is -0.375 e. The molecule has 0 saturated carbocycles. The molecule has 0 N–H and O–H groups in total. The summed E-state index contributed by atoms with van der Waals surface area (Å²) in [5.74, 6) is -6.28. The number of anilines is 1. The van der Waals surface area contributed by atoms with Crippen LogP contribution in [0.4, 0.5) is 23.5 Å². The van der Waals surface area contributed by atoms with Gasteiger partial charge in [-0.1, -0.05) is 0 Å². The fraction of sp³-hybridized carbons (Fsp3) is 0.737. The van der Waals surface area contributed by atoms with E-state index in [-0.39, 0.29) is 42.8 Å². The Hall–Kier alpha value is -1.97. The molecule has 0 unspecified atom stereocenters. The molecule has 6 rings (SSSR count). The number of fused-ring (bicyclic) bond motifs is 1. The lowest BCUT2D eigenvalue weighted by molar-refractivity contribution is -0.121. The molecule has 29 heavy (non-hydrogen) atoms. The summed E-state index contributed by atoms with van der Waals surface area (Å²) in [6.45, 7) is 1.61. The summed E-state index contributed by atoms with van der Waals surface area (Å²) in [4.78, 5) is 10.3. The molecule has 158 valence electrons. The van der Waals surface area contributed by atoms with Crippen LogP contribution in [0, 0.1) is 0 Å². The van der Waals surface area contributed by atoms with Gasteiger partial charge < -0.3 is 9.64 Å². The Balaban J connectivity index is 1.58. The van der Waals surface area contributed by atoms with Crippen molar-refractivity contribution in [2.45, 2.75) is 88.5 Å². The molecule has 4 bridgehead atoms. The van der Waals surface area contributed by atoms with Gasteiger partial charge in [0.25, 0.3) is 0 Å². The van der Waals surface area contributed by atoms with E-state index >= 15 is 0 Å². The van der Waals surface area contributed by atoms with Crippen LogP contribution in [0.1, 0.15) is 57.5 Å². The van der Waals surface area contributed by atoms with E-state index in [1.165, 1.54) is 10.6 Å². The topological polar surface area (TPSA) is 55.5 Å². The first kappa shape index (κ1) is 19.0. The van der Waals surface area contributed by atoms with E-state index in [9.17, 15) is 17.6 Å². The molecule has 4 fully saturated rings. The molecular formula is C19H23F4N5O. The molecule has 0 radical (unpaired) electrons. The summed E-state index contributed by atoms with van der Waals surface area (Å²) in [5.41, 5.74) is 0.609. The molecule has 0 spiro atoms. The summed E-state index contributed by atoms with van der Waals surface area (Å²) < 4.78 is 62.2. The summed E-state index contributed by atoms with van der Waals surface area (Å²) in [6.07, 6.45) is 3.38. The van der Waals surface area contributed by atoms with E-state index in [0.717, 1.165) is 39.5 Å². The van der Waals surface area contributed by atoms with Crippen molar-refractivity contribution in [1.29, 1.82) is 0 Å². The minimum absolute atomic E-state index is 0.0367. The van der Waals surface area contributed by atoms with Crippen LogP contribution in [0.15, 0.2) is 6.07 Å². The molecule has 2 aromatic heterocycles. The Morgan fingerprint density at radius 1 is 1.03 bits per heavy atom. The molecule has 6 nitrogen and oxygen atoms in total. The first-order chi connectivity index (χ1) is 13.6. The third kappa shape index (κ3) is 3.45. The largest absolute Gasteiger partial charge is 0.375 e. The van der Waals surface area contributed by atoms with Gasteiger partial charge in [-0.25, -0.2) is 13.8 Å². The number of piperidine rings is 2. The number of aryl methyl sites for hydroxylation is 1. The van der Waals surface area contributed by atoms with E-state index in [4.69, 9.17) is 4.74 Å². The molecule has 0 atom stereocenters. The second kappa shape index (κ2) is 6.26. The zero-order valence-corrected chi connectivity index (χ0v) is 16.3. The second-order valence-electron chi connectivity index (χ2n) is 8.75. The third-order valence-corrected chi connectivity index (χ3v) is 6.11. The van der Waals surface area contributed by atoms with Crippen molar-refractivity contribution >= 4 is 11.6 Å². The van der Waals surface area contributed by atoms with Gasteiger partial charge in [-0.2, -0.15) is 23.4 Å². The molecule has 4 aliphatic heterocycles. The highest BCUT2D eigenvalue weighted by molar-refractivity contribution is 5.49. The summed E-state index contributed by atoms with van der Waals surface area (Å²) in [6, 6.07) is 1.80. The first-order valence-corrected chi connectivity index (χ1v) is 10.0. The molecule has 2 aromatic rings. The maximum atomic E-state index is 14.1. The van der Waals surface area contributed by atoms with Crippen LogP contribution in [-0.4, -0.2) is 49.8 Å². The highest BCUT2D eigenvalue weighted by Gasteiger charge is 2.49. The summed E-state index contributed by atoms with van der Waals surface area (Å²) in [7, 11) is 0. The number of ether oxygens (including phenoxy) is 1. The monoisotopic (exact) mass is 413 g/mol. The van der Waals surface area contributed by atoms with Crippen LogP contribution in [0.25, 0.3) is 5.65 Å². The zero-order valence-electron chi connectivity index (χ0n) is 16.3. The molecule has 4 saturated heterocycles. The molecular weight excluding hydrogens is 390 g/mol. The highest BCUT2D eigenvalue weighted by Crippen LogP contribution is 2.44. The first-order valence-electron chi connectivity index (χ1n) is 10.0. The van der Waals surface area contributed by atoms with Crippen molar-refractivity contribution in [2.24, 2.45) is 0 Å². The maximum Gasteiger partial charge on any atom is 0.304 e. The Bertz CT molecular complexity index is 907. The molecule has 0 aliphatic carbocycles. The van der Waals surface area contributed by atoms with Crippen molar-refractivity contribution in [3.63, 3.8) is 0 Å². The van der Waals surface area contributed by atoms with E-state index in [1.807, 2.05) is 0 Å². The van der Waals surface area contributed by atoms with E-state index < -0.39 is 17.7 Å². The number of hydrogen-bond acceptors (Lipinski definition) is 5. The van der Waals surface area contributed by atoms with Crippen LogP contribution in [0.2, 0.25) is 0 Å². The van der Waals surface area contributed by atoms with E-state index in [2.05, 4.69) is 20.0 Å². The van der Waals surface area contributed by atoms with Crippen molar-refractivity contribution in [2.75, 3.05) is 4.90 Å². The average molecular weight is 413 g/mol. The SMILES string of the molecule is CC(F)(F)CCc1cc2nc(C(C)(F)F)nc(N3C4CC5CC3CC(C4)O5)n2n1. The lowest BCUT2D eigenvalue weighted by atomic mass is 9.78. The van der Waals surface area contributed by atoms with Crippen molar-refractivity contribution in [1.82, 2.24) is 19.6 Å². The maximum absolute atomic E-state index is 14.1. The fourth-order valence-corrected chi connectivity index (χ4v) is 4.93. The Kier molecular flexibility index (Phi) is 4.11. The van der Waals surface area contributed by atoms with Crippen LogP contribution in [-0.2, 0) is 17.1 Å². The standard InChI is InChI=1S/C19H23F4N5O/c1-18(20,21)4-3-10-5-15-24-16(19(2,22)23)25-17(28(15)26-10)27-11-6-13-8-12(27)9-14(7-11)29-13/h5,11-14H,3-4,6-9H2,1-2H3. The van der Waals surface area contributed by atoms with Crippen LogP contribution >= 0.6 is 0 Å². The van der Waals surface area contributed by atoms with Gasteiger partial charge in [0.05, 0.1) is 17.9 Å². The van der Waals surface area contributed by atoms with Crippen LogP contribution < -0.4 is 4.90 Å². The van der Waals surface area contributed by atoms with Crippen molar-refractivity contribution < 1.29 is 22.3 Å². The minimum atomic E-state index is -3.21. The van der Waals surface area contributed by atoms with Gasteiger partial charge in [-0.15, -0.1) is 0 Å². The highest BCUT2D eigenvalue weighted by atomic mass is 19.3. The predicted octanol–water partition coefficient (Wildman–Crippen LogP) is 3.72. The Morgan fingerprint density at radius 3 is 2.21 bits per heavy atom. The third-order valence-electron chi connectivity index (χ3n) is 6.11. The Morgan fingerprint density at radius 2 is 1.66 bits per heavy atom. The average Bonchev–Trinajstić information content (AvgIpc) is 3.01. The van der Waals surface area contributed by atoms with Crippen LogP contribution in [0.3, 0.4) is 0 Å². The Labute approximate surface area is 165 Å². The number of halogens is 4. The van der Waals surface area contributed by atoms with Crippen molar-refractivity contribution in [3.05, 3.63) is 17.6 Å². The van der Waals surface area contributed by atoms with Gasteiger partial charge in [0.2, 0.25) is 17.7 Å². The molecule has 10 heteroatoms. The van der Waals surface area contributed by atoms with E-state index in [1.54, 1.807) is 0 Å². The summed E-state index contributed by atoms with van der Waals surface area (Å²) in [5, 5.41) is 4.41. The van der Waals surface area contributed by atoms with Gasteiger partial charge in [-0.05, 0) is 39.0 Å². The number of aromatic nitrogens is 4. The molecule has 4 aliphatic rings. The summed E-state index contributed by atoms with van der Waals surface area (Å²) >= 11 is 0. The second-order valence-corrected chi connectivity index (χ2v) is 8.75. The molecule has 6 heterocycles. The smallest absolute Gasteiger partial charge is 0.304 e. The van der Waals surface area contributed by atoms with Gasteiger partial charge >= 0.3 is 5.92 Å². The quantitative estimate of drug-likeness (QED) is 0.700. The van der Waals surface area contributed by atoms with Gasteiger partial charge in [0.15, 0.2) is 5.65 Å².